The van der Waals surface area contributed by atoms with Crippen LogP contribution < -0.4 is 5.32 Å². The second-order valence-electron chi connectivity index (χ2n) is 5.76. The third kappa shape index (κ3) is 2.36. The summed E-state index contributed by atoms with van der Waals surface area (Å²) in [5.74, 6) is -2.84. The lowest BCUT2D eigenvalue weighted by Gasteiger charge is -2.08. The van der Waals surface area contributed by atoms with Crippen molar-refractivity contribution in [3.8, 4) is 11.1 Å². The van der Waals surface area contributed by atoms with E-state index >= 15 is 0 Å². The van der Waals surface area contributed by atoms with Crippen LogP contribution in [-0.2, 0) is 6.42 Å². The first-order valence-electron chi connectivity index (χ1n) is 7.60. The summed E-state index contributed by atoms with van der Waals surface area (Å²) in [6, 6.07) is 17.3. The van der Waals surface area contributed by atoms with E-state index in [-0.39, 0.29) is 5.56 Å². The molecule has 0 saturated heterocycles. The maximum atomic E-state index is 13.7. The summed E-state index contributed by atoms with van der Waals surface area (Å²) in [6.45, 7) is 0. The van der Waals surface area contributed by atoms with Crippen molar-refractivity contribution < 1.29 is 13.6 Å². The summed E-state index contributed by atoms with van der Waals surface area (Å²) in [6.07, 6.45) is 0.795. The Morgan fingerprint density at radius 1 is 0.875 bits per heavy atom. The van der Waals surface area contributed by atoms with Gasteiger partial charge in [0, 0.05) is 5.69 Å². The van der Waals surface area contributed by atoms with E-state index in [1.165, 1.54) is 23.3 Å². The Labute approximate surface area is 137 Å². The molecule has 3 aromatic carbocycles. The van der Waals surface area contributed by atoms with E-state index in [1.54, 1.807) is 6.07 Å². The van der Waals surface area contributed by atoms with Gasteiger partial charge in [-0.05, 0) is 52.9 Å². The van der Waals surface area contributed by atoms with Gasteiger partial charge in [0.1, 0.15) is 0 Å². The number of carbonyl (C=O) groups excluding carboxylic acids is 1. The lowest BCUT2D eigenvalue weighted by Crippen LogP contribution is -2.14. The quantitative estimate of drug-likeness (QED) is 0.565. The van der Waals surface area contributed by atoms with Gasteiger partial charge in [-0.1, -0.05) is 36.4 Å². The highest BCUT2D eigenvalue weighted by Crippen LogP contribution is 2.37. The zero-order valence-electron chi connectivity index (χ0n) is 12.6. The largest absolute Gasteiger partial charge is 0.322 e. The van der Waals surface area contributed by atoms with E-state index in [1.807, 2.05) is 24.3 Å². The van der Waals surface area contributed by atoms with E-state index in [2.05, 4.69) is 17.4 Å². The van der Waals surface area contributed by atoms with E-state index in [4.69, 9.17) is 0 Å². The lowest BCUT2D eigenvalue weighted by molar-refractivity contribution is 0.102. The van der Waals surface area contributed by atoms with Crippen LogP contribution in [0.15, 0.2) is 60.7 Å². The number of rotatable bonds is 2. The number of benzene rings is 3. The Hall–Kier alpha value is -3.01. The van der Waals surface area contributed by atoms with Crippen molar-refractivity contribution >= 4 is 11.6 Å². The Morgan fingerprint density at radius 2 is 1.67 bits per heavy atom. The minimum atomic E-state index is -1.14. The van der Waals surface area contributed by atoms with Crippen LogP contribution in [0, 0.1) is 11.6 Å². The molecule has 24 heavy (non-hydrogen) atoms. The molecule has 0 unspecified atom stereocenters. The molecule has 0 aliphatic heterocycles. The number of amides is 1. The lowest BCUT2D eigenvalue weighted by atomic mass is 10.1. The molecule has 0 aromatic heterocycles. The zero-order chi connectivity index (χ0) is 16.7. The Morgan fingerprint density at radius 3 is 2.54 bits per heavy atom. The van der Waals surface area contributed by atoms with Crippen LogP contribution in [-0.4, -0.2) is 5.91 Å². The number of halogens is 2. The molecule has 2 nitrogen and oxygen atoms in total. The van der Waals surface area contributed by atoms with Gasteiger partial charge in [-0.2, -0.15) is 0 Å². The molecule has 1 N–H and O–H groups in total. The normalized spacial score (nSPS) is 11.8. The Bertz CT molecular complexity index is 966. The van der Waals surface area contributed by atoms with Crippen molar-refractivity contribution in [1.29, 1.82) is 0 Å². The number of hydrogen-bond donors (Lipinski definition) is 1. The minimum Gasteiger partial charge on any atom is -0.322 e. The molecule has 3 aromatic rings. The van der Waals surface area contributed by atoms with Gasteiger partial charge in [0.15, 0.2) is 11.6 Å². The maximum absolute atomic E-state index is 13.7. The molecule has 4 heteroatoms. The average molecular weight is 321 g/mol. The van der Waals surface area contributed by atoms with Crippen molar-refractivity contribution in [2.45, 2.75) is 6.42 Å². The van der Waals surface area contributed by atoms with Gasteiger partial charge in [-0.3, -0.25) is 4.79 Å². The van der Waals surface area contributed by atoms with E-state index < -0.39 is 17.5 Å². The molecular weight excluding hydrogens is 308 g/mol. The van der Waals surface area contributed by atoms with E-state index in [9.17, 15) is 13.6 Å². The number of hydrogen-bond acceptors (Lipinski definition) is 1. The van der Waals surface area contributed by atoms with Crippen LogP contribution >= 0.6 is 0 Å². The van der Waals surface area contributed by atoms with Gasteiger partial charge in [0.05, 0.1) is 5.56 Å². The standard InChI is InChI=1S/C20H13F2NO/c21-18-7-3-6-17(19(18)22)20(24)23-14-8-9-16-13(11-14)10-12-4-1-2-5-15(12)16/h1-9,11H,10H2,(H,23,24). The second kappa shape index (κ2) is 5.57. The fourth-order valence-electron chi connectivity index (χ4n) is 3.10. The molecule has 0 atom stereocenters. The zero-order valence-corrected chi connectivity index (χ0v) is 12.6. The highest BCUT2D eigenvalue weighted by atomic mass is 19.2. The predicted octanol–water partition coefficient (Wildman–Crippen LogP) is 4.79. The Balaban J connectivity index is 1.62. The van der Waals surface area contributed by atoms with Gasteiger partial charge in [-0.25, -0.2) is 8.78 Å². The molecule has 0 fully saturated rings. The highest BCUT2D eigenvalue weighted by Gasteiger charge is 2.19. The maximum Gasteiger partial charge on any atom is 0.258 e. The first kappa shape index (κ1) is 14.6. The van der Waals surface area contributed by atoms with Crippen LogP contribution in [0.2, 0.25) is 0 Å². The smallest absolute Gasteiger partial charge is 0.258 e. The molecular formula is C20H13F2NO. The number of nitrogens with one attached hydrogen (secondary N) is 1. The van der Waals surface area contributed by atoms with Crippen LogP contribution in [0.4, 0.5) is 14.5 Å². The molecule has 1 aliphatic carbocycles. The summed E-state index contributed by atoms with van der Waals surface area (Å²) >= 11 is 0. The Kier molecular flexibility index (Phi) is 3.38. The van der Waals surface area contributed by atoms with Crippen LogP contribution in [0.1, 0.15) is 21.5 Å². The third-order valence-electron chi connectivity index (χ3n) is 4.25. The van der Waals surface area contributed by atoms with Crippen molar-refractivity contribution in [3.63, 3.8) is 0 Å². The van der Waals surface area contributed by atoms with Crippen molar-refractivity contribution in [1.82, 2.24) is 0 Å². The summed E-state index contributed by atoms with van der Waals surface area (Å²) in [5, 5.41) is 2.64. The van der Waals surface area contributed by atoms with Gasteiger partial charge in [-0.15, -0.1) is 0 Å². The predicted molar refractivity (Wildman–Crippen MR) is 89.0 cm³/mol. The van der Waals surface area contributed by atoms with Crippen molar-refractivity contribution in [2.24, 2.45) is 0 Å². The fourth-order valence-corrected chi connectivity index (χ4v) is 3.10. The monoisotopic (exact) mass is 321 g/mol. The fraction of sp³-hybridized carbons (Fsp3) is 0.0500. The number of carbonyl (C=O) groups is 1. The molecule has 0 heterocycles. The van der Waals surface area contributed by atoms with Crippen LogP contribution in [0.25, 0.3) is 11.1 Å². The molecule has 118 valence electrons. The number of fused-ring (bicyclic) bond motifs is 3. The molecule has 0 radical (unpaired) electrons. The van der Waals surface area contributed by atoms with E-state index in [0.717, 1.165) is 23.6 Å². The summed E-state index contributed by atoms with van der Waals surface area (Å²) in [5.41, 5.74) is 4.94. The summed E-state index contributed by atoms with van der Waals surface area (Å²) in [7, 11) is 0. The van der Waals surface area contributed by atoms with Gasteiger partial charge in [0.2, 0.25) is 0 Å². The average Bonchev–Trinajstić information content (AvgIpc) is 2.95. The summed E-state index contributed by atoms with van der Waals surface area (Å²) < 4.78 is 27.0. The minimum absolute atomic E-state index is 0.307. The SMILES string of the molecule is O=C(Nc1ccc2c(c1)Cc1ccccc1-2)c1cccc(F)c1F. The summed E-state index contributed by atoms with van der Waals surface area (Å²) in [4.78, 5) is 12.2. The van der Waals surface area contributed by atoms with Crippen molar-refractivity contribution in [2.75, 3.05) is 5.32 Å². The van der Waals surface area contributed by atoms with Crippen LogP contribution in [0.3, 0.4) is 0 Å². The van der Waals surface area contributed by atoms with Crippen molar-refractivity contribution in [3.05, 3.63) is 89.0 Å². The first-order valence-corrected chi connectivity index (χ1v) is 7.60. The van der Waals surface area contributed by atoms with Crippen LogP contribution in [0.5, 0.6) is 0 Å². The van der Waals surface area contributed by atoms with Gasteiger partial charge in [0.25, 0.3) is 5.91 Å². The third-order valence-corrected chi connectivity index (χ3v) is 4.25. The van der Waals surface area contributed by atoms with E-state index in [0.29, 0.717) is 5.69 Å². The second-order valence-corrected chi connectivity index (χ2v) is 5.76. The van der Waals surface area contributed by atoms with Gasteiger partial charge >= 0.3 is 0 Å². The number of anilines is 1. The van der Waals surface area contributed by atoms with Gasteiger partial charge < -0.3 is 5.32 Å². The first-order chi connectivity index (χ1) is 11.6. The topological polar surface area (TPSA) is 29.1 Å². The molecule has 0 bridgehead atoms. The molecule has 1 aliphatic rings. The molecule has 0 spiro atoms. The molecule has 0 saturated carbocycles. The molecule has 1 amide bonds. The molecule has 4 rings (SSSR count). The highest BCUT2D eigenvalue weighted by molar-refractivity contribution is 6.04.